The number of rotatable bonds is 5. The number of hydrogen-bond acceptors (Lipinski definition) is 7. The molecule has 1 aromatic heterocycles. The van der Waals surface area contributed by atoms with Crippen molar-refractivity contribution in [3.63, 3.8) is 0 Å². The minimum absolute atomic E-state index is 0.429. The molecule has 0 saturated carbocycles. The van der Waals surface area contributed by atoms with E-state index in [0.29, 0.717) is 17.7 Å². The van der Waals surface area contributed by atoms with Crippen LogP contribution in [0.3, 0.4) is 0 Å². The Kier molecular flexibility index (Phi) is 5.99. The molecule has 0 bridgehead atoms. The standard InChI is InChI=1S/C23H25NO6/c1-13-4-6-14(7-5-13)11-16-9-8-15-3-2-10-24-18(15)22(16)30-23-21(28)20(27)19(26)17(12-25)29-23/h2-10,17,19-21,23,25-28H,11-12H2,1H3/t17-,19-,20+,21-,23+/m1/s1. The van der Waals surface area contributed by atoms with E-state index in [9.17, 15) is 20.4 Å². The van der Waals surface area contributed by atoms with Crippen LogP contribution in [-0.2, 0) is 11.2 Å². The van der Waals surface area contributed by atoms with Crippen LogP contribution in [0.4, 0.5) is 0 Å². The summed E-state index contributed by atoms with van der Waals surface area (Å²) < 4.78 is 11.6. The van der Waals surface area contributed by atoms with Crippen LogP contribution in [0.2, 0.25) is 0 Å². The third kappa shape index (κ3) is 4.03. The molecule has 1 aliphatic heterocycles. The van der Waals surface area contributed by atoms with Crippen molar-refractivity contribution in [2.45, 2.75) is 44.1 Å². The minimum atomic E-state index is -1.51. The topological polar surface area (TPSA) is 112 Å². The number of aliphatic hydroxyl groups excluding tert-OH is 4. The van der Waals surface area contributed by atoms with Gasteiger partial charge in [0.15, 0.2) is 5.75 Å². The number of pyridine rings is 1. The van der Waals surface area contributed by atoms with Crippen molar-refractivity contribution in [3.8, 4) is 5.75 Å². The van der Waals surface area contributed by atoms with Crippen LogP contribution in [0.5, 0.6) is 5.75 Å². The van der Waals surface area contributed by atoms with E-state index in [1.165, 1.54) is 0 Å². The summed E-state index contributed by atoms with van der Waals surface area (Å²) in [5.41, 5.74) is 3.67. The molecule has 2 heterocycles. The van der Waals surface area contributed by atoms with Crippen molar-refractivity contribution < 1.29 is 29.9 Å². The molecule has 0 unspecified atom stereocenters. The highest BCUT2D eigenvalue weighted by atomic mass is 16.7. The summed E-state index contributed by atoms with van der Waals surface area (Å²) in [5.74, 6) is 0.429. The number of fused-ring (bicyclic) bond motifs is 1. The van der Waals surface area contributed by atoms with Crippen molar-refractivity contribution in [3.05, 3.63) is 71.4 Å². The molecular weight excluding hydrogens is 386 g/mol. The highest BCUT2D eigenvalue weighted by molar-refractivity contribution is 5.85. The molecule has 2 aromatic carbocycles. The maximum Gasteiger partial charge on any atom is 0.229 e. The molecule has 1 saturated heterocycles. The van der Waals surface area contributed by atoms with E-state index in [2.05, 4.69) is 4.98 Å². The van der Waals surface area contributed by atoms with E-state index in [-0.39, 0.29) is 0 Å². The van der Waals surface area contributed by atoms with Crippen molar-refractivity contribution in [1.29, 1.82) is 0 Å². The molecule has 3 aromatic rings. The van der Waals surface area contributed by atoms with Crippen molar-refractivity contribution in [2.24, 2.45) is 0 Å². The van der Waals surface area contributed by atoms with Gasteiger partial charge >= 0.3 is 0 Å². The highest BCUT2D eigenvalue weighted by Gasteiger charge is 2.45. The Balaban J connectivity index is 1.71. The van der Waals surface area contributed by atoms with Crippen LogP contribution in [0.15, 0.2) is 54.7 Å². The predicted octanol–water partition coefficient (Wildman–Crippen LogP) is 1.31. The number of ether oxygens (including phenoxy) is 2. The summed E-state index contributed by atoms with van der Waals surface area (Å²) in [6.45, 7) is 1.51. The number of aryl methyl sites for hydroxylation is 1. The lowest BCUT2D eigenvalue weighted by Gasteiger charge is -2.39. The summed E-state index contributed by atoms with van der Waals surface area (Å²) in [6.07, 6.45) is -4.54. The third-order valence-corrected chi connectivity index (χ3v) is 5.41. The molecule has 7 heteroatoms. The van der Waals surface area contributed by atoms with Crippen molar-refractivity contribution in [2.75, 3.05) is 6.61 Å². The summed E-state index contributed by atoms with van der Waals surface area (Å²) in [5, 5.41) is 40.8. The van der Waals surface area contributed by atoms with Gasteiger partial charge in [-0.25, -0.2) is 0 Å². The first-order chi connectivity index (χ1) is 14.5. The predicted molar refractivity (Wildman–Crippen MR) is 110 cm³/mol. The molecule has 158 valence electrons. The van der Waals surface area contributed by atoms with E-state index in [1.54, 1.807) is 6.20 Å². The average Bonchev–Trinajstić information content (AvgIpc) is 2.77. The second-order valence-corrected chi connectivity index (χ2v) is 7.61. The first kappa shape index (κ1) is 20.7. The number of benzene rings is 2. The van der Waals surface area contributed by atoms with Gasteiger partial charge in [-0.05, 0) is 18.6 Å². The average molecular weight is 411 g/mol. The zero-order valence-corrected chi connectivity index (χ0v) is 16.5. The Bertz CT molecular complexity index is 1010. The van der Waals surface area contributed by atoms with Gasteiger partial charge in [-0.2, -0.15) is 0 Å². The highest BCUT2D eigenvalue weighted by Crippen LogP contribution is 2.33. The van der Waals surface area contributed by atoms with E-state index < -0.39 is 37.3 Å². The van der Waals surface area contributed by atoms with Gasteiger partial charge in [-0.15, -0.1) is 0 Å². The van der Waals surface area contributed by atoms with Gasteiger partial charge in [0.25, 0.3) is 0 Å². The number of hydrogen-bond donors (Lipinski definition) is 4. The quantitative estimate of drug-likeness (QED) is 0.501. The fourth-order valence-electron chi connectivity index (χ4n) is 3.64. The Hall–Kier alpha value is -2.55. The van der Waals surface area contributed by atoms with Crippen LogP contribution in [0.25, 0.3) is 10.9 Å². The second kappa shape index (κ2) is 8.67. The summed E-state index contributed by atoms with van der Waals surface area (Å²) >= 11 is 0. The molecule has 1 fully saturated rings. The van der Waals surface area contributed by atoms with E-state index in [4.69, 9.17) is 9.47 Å². The fourth-order valence-corrected chi connectivity index (χ4v) is 3.64. The Morgan fingerprint density at radius 1 is 0.967 bits per heavy atom. The zero-order chi connectivity index (χ0) is 21.3. The van der Waals surface area contributed by atoms with Gasteiger partial charge in [0.05, 0.1) is 6.61 Å². The first-order valence-corrected chi connectivity index (χ1v) is 9.87. The van der Waals surface area contributed by atoms with Crippen LogP contribution in [-0.4, -0.2) is 62.7 Å². The van der Waals surface area contributed by atoms with Gasteiger partial charge in [0.2, 0.25) is 6.29 Å². The molecule has 0 spiro atoms. The molecule has 4 N–H and O–H groups in total. The molecule has 4 rings (SSSR count). The van der Waals surface area contributed by atoms with Crippen molar-refractivity contribution in [1.82, 2.24) is 4.98 Å². The molecule has 30 heavy (non-hydrogen) atoms. The third-order valence-electron chi connectivity index (χ3n) is 5.41. The molecule has 0 amide bonds. The molecule has 5 atom stereocenters. The number of nitrogens with zero attached hydrogens (tertiary/aromatic N) is 1. The smallest absolute Gasteiger partial charge is 0.229 e. The van der Waals surface area contributed by atoms with E-state index in [0.717, 1.165) is 22.1 Å². The van der Waals surface area contributed by atoms with E-state index in [1.807, 2.05) is 55.5 Å². The minimum Gasteiger partial charge on any atom is -0.459 e. The summed E-state index contributed by atoms with van der Waals surface area (Å²) in [6, 6.07) is 15.7. The number of aliphatic hydroxyl groups is 4. The fraction of sp³-hybridized carbons (Fsp3) is 0.348. The molecule has 7 nitrogen and oxygen atoms in total. The molecule has 1 aliphatic rings. The maximum absolute atomic E-state index is 10.4. The van der Waals surface area contributed by atoms with Gasteiger partial charge in [-0.1, -0.05) is 48.0 Å². The zero-order valence-electron chi connectivity index (χ0n) is 16.5. The molecular formula is C23H25NO6. The lowest BCUT2D eigenvalue weighted by molar-refractivity contribution is -0.277. The van der Waals surface area contributed by atoms with Crippen LogP contribution >= 0.6 is 0 Å². The van der Waals surface area contributed by atoms with Crippen LogP contribution in [0.1, 0.15) is 16.7 Å². The first-order valence-electron chi connectivity index (χ1n) is 9.87. The van der Waals surface area contributed by atoms with E-state index >= 15 is 0 Å². The second-order valence-electron chi connectivity index (χ2n) is 7.61. The monoisotopic (exact) mass is 411 g/mol. The maximum atomic E-state index is 10.4. The summed E-state index contributed by atoms with van der Waals surface area (Å²) in [4.78, 5) is 4.44. The van der Waals surface area contributed by atoms with Gasteiger partial charge < -0.3 is 29.9 Å². The SMILES string of the molecule is Cc1ccc(Cc2ccc3cccnc3c2O[C@@H]2O[C@H](CO)[C@@H](O)[C@H](O)[C@H]2O)cc1. The Labute approximate surface area is 174 Å². The summed E-state index contributed by atoms with van der Waals surface area (Å²) in [7, 11) is 0. The lowest BCUT2D eigenvalue weighted by Crippen LogP contribution is -2.60. The Morgan fingerprint density at radius 2 is 1.73 bits per heavy atom. The molecule has 0 radical (unpaired) electrons. The lowest BCUT2D eigenvalue weighted by atomic mass is 9.98. The van der Waals surface area contributed by atoms with Gasteiger partial charge in [0, 0.05) is 23.6 Å². The van der Waals surface area contributed by atoms with Crippen molar-refractivity contribution >= 4 is 10.9 Å². The van der Waals surface area contributed by atoms with Crippen LogP contribution < -0.4 is 4.74 Å². The normalized spacial score (nSPS) is 26.6. The Morgan fingerprint density at radius 3 is 2.47 bits per heavy atom. The molecule has 0 aliphatic carbocycles. The van der Waals surface area contributed by atoms with Gasteiger partial charge in [-0.3, -0.25) is 4.98 Å². The number of aromatic nitrogens is 1. The van der Waals surface area contributed by atoms with Crippen LogP contribution in [0, 0.1) is 6.92 Å². The largest absolute Gasteiger partial charge is 0.459 e. The van der Waals surface area contributed by atoms with Gasteiger partial charge in [0.1, 0.15) is 29.9 Å².